The van der Waals surface area contributed by atoms with Gasteiger partial charge in [0.1, 0.15) is 0 Å². The molecule has 0 spiro atoms. The van der Waals surface area contributed by atoms with Crippen molar-refractivity contribution in [2.45, 2.75) is 0 Å². The van der Waals surface area contributed by atoms with Crippen molar-refractivity contribution in [2.24, 2.45) is 0 Å². The molecule has 0 amide bonds. The van der Waals surface area contributed by atoms with Crippen molar-refractivity contribution in [3.8, 4) is 55.9 Å². The third-order valence-electron chi connectivity index (χ3n) is 11.7. The first-order chi connectivity index (χ1) is 26.8. The zero-order chi connectivity index (χ0) is 35.3. The summed E-state index contributed by atoms with van der Waals surface area (Å²) in [6.07, 6.45) is 0. The van der Waals surface area contributed by atoms with Crippen LogP contribution in [0.2, 0.25) is 0 Å². The Hall–Kier alpha value is -7.16. The maximum absolute atomic E-state index is 2.43. The van der Waals surface area contributed by atoms with Crippen molar-refractivity contribution in [1.82, 2.24) is 9.13 Å². The second-order valence-corrected chi connectivity index (χ2v) is 14.5. The molecule has 0 radical (unpaired) electrons. The van der Waals surface area contributed by atoms with Crippen LogP contribution in [0.1, 0.15) is 0 Å². The van der Waals surface area contributed by atoms with Gasteiger partial charge in [0.15, 0.2) is 0 Å². The quantitative estimate of drug-likeness (QED) is 0.175. The molecule has 250 valence electrons. The molecule has 0 saturated heterocycles. The van der Waals surface area contributed by atoms with E-state index in [2.05, 4.69) is 203 Å². The van der Waals surface area contributed by atoms with Gasteiger partial charge < -0.3 is 9.13 Å². The van der Waals surface area contributed by atoms with E-state index >= 15 is 0 Å². The van der Waals surface area contributed by atoms with Gasteiger partial charge in [-0.15, -0.1) is 0 Å². The van der Waals surface area contributed by atoms with Crippen LogP contribution in [0.25, 0.3) is 110 Å². The lowest BCUT2D eigenvalue weighted by atomic mass is 9.94. The lowest BCUT2D eigenvalue weighted by Crippen LogP contribution is -1.93. The Balaban J connectivity index is 1.03. The van der Waals surface area contributed by atoms with E-state index in [0.29, 0.717) is 0 Å². The van der Waals surface area contributed by atoms with Crippen molar-refractivity contribution in [3.63, 3.8) is 0 Å². The topological polar surface area (TPSA) is 9.86 Å². The summed E-state index contributed by atoms with van der Waals surface area (Å²) in [5.41, 5.74) is 17.4. The minimum Gasteiger partial charge on any atom is -0.309 e. The second-order valence-electron chi connectivity index (χ2n) is 14.5. The summed E-state index contributed by atoms with van der Waals surface area (Å²) in [4.78, 5) is 0. The summed E-state index contributed by atoms with van der Waals surface area (Å²) in [5, 5.41) is 7.73. The molecule has 2 aromatic heterocycles. The Bertz CT molecular complexity index is 3310. The smallest absolute Gasteiger partial charge is 0.0547 e. The van der Waals surface area contributed by atoms with Gasteiger partial charge in [0.25, 0.3) is 0 Å². The number of hydrogen-bond donors (Lipinski definition) is 0. The van der Waals surface area contributed by atoms with Gasteiger partial charge in [-0.3, -0.25) is 0 Å². The Morgan fingerprint density at radius 2 is 0.759 bits per heavy atom. The lowest BCUT2D eigenvalue weighted by molar-refractivity contribution is 1.18. The van der Waals surface area contributed by atoms with Gasteiger partial charge in [-0.1, -0.05) is 140 Å². The predicted molar refractivity (Wildman–Crippen MR) is 228 cm³/mol. The second kappa shape index (κ2) is 11.2. The summed E-state index contributed by atoms with van der Waals surface area (Å²) >= 11 is 0. The number of fused-ring (bicyclic) bond motifs is 9. The van der Waals surface area contributed by atoms with Crippen LogP contribution < -0.4 is 0 Å². The molecule has 2 heterocycles. The van der Waals surface area contributed by atoms with E-state index < -0.39 is 0 Å². The van der Waals surface area contributed by atoms with Crippen LogP contribution >= 0.6 is 0 Å². The summed E-state index contributed by atoms with van der Waals surface area (Å²) in [5.74, 6) is 0. The van der Waals surface area contributed by atoms with Gasteiger partial charge in [0.05, 0.1) is 22.1 Å². The van der Waals surface area contributed by atoms with Crippen LogP contribution in [0.15, 0.2) is 194 Å². The minimum absolute atomic E-state index is 1.17. The molecule has 2 heteroatoms. The van der Waals surface area contributed by atoms with Crippen LogP contribution in [0.3, 0.4) is 0 Å². The van der Waals surface area contributed by atoms with E-state index in [1.807, 2.05) is 0 Å². The Labute approximate surface area is 312 Å². The van der Waals surface area contributed by atoms with E-state index in [1.54, 1.807) is 0 Å². The zero-order valence-electron chi connectivity index (χ0n) is 29.4. The molecule has 9 aromatic carbocycles. The fourth-order valence-electron chi connectivity index (χ4n) is 9.39. The molecule has 1 aliphatic carbocycles. The third-order valence-corrected chi connectivity index (χ3v) is 11.7. The van der Waals surface area contributed by atoms with Crippen molar-refractivity contribution in [2.75, 3.05) is 0 Å². The van der Waals surface area contributed by atoms with Gasteiger partial charge in [0.2, 0.25) is 0 Å². The number of rotatable bonds is 4. The molecule has 0 bridgehead atoms. The van der Waals surface area contributed by atoms with Gasteiger partial charge in [-0.05, 0) is 110 Å². The highest BCUT2D eigenvalue weighted by molar-refractivity contribution is 6.21. The summed E-state index contributed by atoms with van der Waals surface area (Å²) in [6, 6.07) is 71.4. The van der Waals surface area contributed by atoms with Crippen molar-refractivity contribution < 1.29 is 0 Å². The first kappa shape index (κ1) is 29.4. The van der Waals surface area contributed by atoms with Crippen LogP contribution in [-0.4, -0.2) is 9.13 Å². The van der Waals surface area contributed by atoms with Gasteiger partial charge in [0, 0.05) is 32.9 Å². The normalized spacial score (nSPS) is 12.1. The molecular formula is C52H32N2. The number of hydrogen-bond acceptors (Lipinski definition) is 0. The first-order valence-electron chi connectivity index (χ1n) is 18.7. The van der Waals surface area contributed by atoms with E-state index in [9.17, 15) is 0 Å². The van der Waals surface area contributed by atoms with Crippen LogP contribution in [-0.2, 0) is 0 Å². The van der Waals surface area contributed by atoms with Gasteiger partial charge >= 0.3 is 0 Å². The average Bonchev–Trinajstić information content (AvgIpc) is 3.88. The van der Waals surface area contributed by atoms with Gasteiger partial charge in [-0.2, -0.15) is 0 Å². The summed E-state index contributed by atoms with van der Waals surface area (Å²) < 4.78 is 4.81. The minimum atomic E-state index is 1.17. The summed E-state index contributed by atoms with van der Waals surface area (Å²) in [6.45, 7) is 0. The average molecular weight is 685 g/mol. The maximum Gasteiger partial charge on any atom is 0.0547 e. The van der Waals surface area contributed by atoms with Crippen molar-refractivity contribution >= 4 is 54.4 Å². The third kappa shape index (κ3) is 4.05. The number of para-hydroxylation sites is 4. The molecule has 0 saturated carbocycles. The molecule has 11 aromatic rings. The number of nitrogens with zero attached hydrogens (tertiary/aromatic N) is 2. The maximum atomic E-state index is 2.43. The lowest BCUT2D eigenvalue weighted by Gasteiger charge is -2.12. The zero-order valence-corrected chi connectivity index (χ0v) is 29.4. The molecule has 0 fully saturated rings. The Morgan fingerprint density at radius 3 is 1.56 bits per heavy atom. The largest absolute Gasteiger partial charge is 0.309 e. The standard InChI is InChI=1S/C52H32N2/c1-3-13-35(14-4-1)53-48-23-10-8-18-45(48)52-38(19-12-24-49(52)53)33-25-27-39-44-30-29-37(42-20-11-21-43(51(42)44)46(39)31-33)34-26-28-41-40-17-7-9-22-47(40)54(50(41)32-34)36-15-5-2-6-16-36/h1-32H. The molecule has 0 atom stereocenters. The monoisotopic (exact) mass is 684 g/mol. The fraction of sp³-hybridized carbons (Fsp3) is 0. The number of benzene rings is 9. The molecule has 54 heavy (non-hydrogen) atoms. The summed E-state index contributed by atoms with van der Waals surface area (Å²) in [7, 11) is 0. The van der Waals surface area contributed by atoms with Crippen LogP contribution in [0.4, 0.5) is 0 Å². The number of aromatic nitrogens is 2. The van der Waals surface area contributed by atoms with E-state index in [-0.39, 0.29) is 0 Å². The molecule has 0 N–H and O–H groups in total. The molecule has 0 unspecified atom stereocenters. The molecule has 1 aliphatic rings. The van der Waals surface area contributed by atoms with E-state index in [0.717, 1.165) is 0 Å². The van der Waals surface area contributed by atoms with E-state index in [4.69, 9.17) is 0 Å². The van der Waals surface area contributed by atoms with Crippen LogP contribution in [0, 0.1) is 0 Å². The highest BCUT2D eigenvalue weighted by atomic mass is 15.0. The predicted octanol–water partition coefficient (Wildman–Crippen LogP) is 14.0. The van der Waals surface area contributed by atoms with Gasteiger partial charge in [-0.25, -0.2) is 0 Å². The van der Waals surface area contributed by atoms with Crippen molar-refractivity contribution in [1.29, 1.82) is 0 Å². The Morgan fingerprint density at radius 1 is 0.241 bits per heavy atom. The first-order valence-corrected chi connectivity index (χ1v) is 18.7. The highest BCUT2D eigenvalue weighted by Crippen LogP contribution is 2.51. The highest BCUT2D eigenvalue weighted by Gasteiger charge is 2.25. The van der Waals surface area contributed by atoms with Crippen LogP contribution in [0.5, 0.6) is 0 Å². The molecule has 12 rings (SSSR count). The van der Waals surface area contributed by atoms with Crippen molar-refractivity contribution in [3.05, 3.63) is 194 Å². The molecule has 0 aliphatic heterocycles. The Kier molecular flexibility index (Phi) is 6.09. The molecular weight excluding hydrogens is 653 g/mol. The molecule has 2 nitrogen and oxygen atoms in total. The SMILES string of the molecule is c1ccc(-n2c3ccccc3c3ccc(-c4ccc5c6c(cccc46)-c4cc(-c6cccc7c6c6ccccc6n7-c6ccccc6)ccc4-5)cc32)cc1. The van der Waals surface area contributed by atoms with E-state index in [1.165, 1.54) is 110 Å². The fourth-order valence-corrected chi connectivity index (χ4v) is 9.39.